The van der Waals surface area contributed by atoms with Crippen molar-refractivity contribution in [1.82, 2.24) is 4.90 Å². The van der Waals surface area contributed by atoms with Gasteiger partial charge in [0.1, 0.15) is 0 Å². The Morgan fingerprint density at radius 2 is 2.00 bits per heavy atom. The van der Waals surface area contributed by atoms with E-state index in [0.717, 1.165) is 25.9 Å². The van der Waals surface area contributed by atoms with E-state index < -0.39 is 0 Å². The summed E-state index contributed by atoms with van der Waals surface area (Å²) in [4.78, 5) is 14.1. The molecule has 2 N–H and O–H groups in total. The van der Waals surface area contributed by atoms with E-state index in [4.69, 9.17) is 5.73 Å². The van der Waals surface area contributed by atoms with Crippen LogP contribution in [0.25, 0.3) is 0 Å². The van der Waals surface area contributed by atoms with Crippen molar-refractivity contribution in [2.24, 2.45) is 17.6 Å². The molecule has 1 amide bonds. The van der Waals surface area contributed by atoms with Crippen LogP contribution in [0.4, 0.5) is 0 Å². The van der Waals surface area contributed by atoms with Crippen LogP contribution in [0.15, 0.2) is 0 Å². The highest BCUT2D eigenvalue weighted by Gasteiger charge is 2.30. The maximum absolute atomic E-state index is 12.2. The second-order valence-electron chi connectivity index (χ2n) is 4.99. The molecule has 1 fully saturated rings. The lowest BCUT2D eigenvalue weighted by Gasteiger charge is -2.33. The van der Waals surface area contributed by atoms with E-state index in [-0.39, 0.29) is 5.92 Å². The Hall–Kier alpha value is -0.570. The van der Waals surface area contributed by atoms with Crippen LogP contribution in [-0.2, 0) is 4.79 Å². The van der Waals surface area contributed by atoms with Crippen LogP contribution in [0, 0.1) is 11.8 Å². The lowest BCUT2D eigenvalue weighted by molar-refractivity contribution is -0.136. The number of nitrogens with two attached hydrogens (primary N) is 1. The van der Waals surface area contributed by atoms with Gasteiger partial charge in [0.2, 0.25) is 5.91 Å². The van der Waals surface area contributed by atoms with E-state index in [1.807, 2.05) is 18.7 Å². The van der Waals surface area contributed by atoms with Crippen molar-refractivity contribution >= 4 is 5.91 Å². The number of nitrogens with zero attached hydrogens (tertiary/aromatic N) is 1. The minimum absolute atomic E-state index is 0.145. The number of amides is 1. The summed E-state index contributed by atoms with van der Waals surface area (Å²) in [5.41, 5.74) is 5.98. The summed E-state index contributed by atoms with van der Waals surface area (Å²) in [5.74, 6) is 0.951. The monoisotopic (exact) mass is 226 g/mol. The molecular weight excluding hydrogens is 200 g/mol. The smallest absolute Gasteiger partial charge is 0.225 e. The molecule has 3 atom stereocenters. The molecule has 3 unspecified atom stereocenters. The van der Waals surface area contributed by atoms with Crippen LogP contribution in [0.1, 0.15) is 46.5 Å². The average Bonchev–Trinajstić information content (AvgIpc) is 2.29. The number of hydrogen-bond donors (Lipinski definition) is 1. The summed E-state index contributed by atoms with van der Waals surface area (Å²) in [6.45, 7) is 7.79. The molecule has 94 valence electrons. The van der Waals surface area contributed by atoms with E-state index in [9.17, 15) is 4.79 Å². The molecule has 0 aromatic carbocycles. The third-order valence-corrected chi connectivity index (χ3v) is 3.93. The van der Waals surface area contributed by atoms with Gasteiger partial charge in [-0.05, 0) is 39.0 Å². The molecule has 0 aliphatic heterocycles. The summed E-state index contributed by atoms with van der Waals surface area (Å²) in [6, 6.07) is 0.311. The first kappa shape index (κ1) is 13.5. The molecule has 1 saturated carbocycles. The number of rotatable bonds is 4. The first-order valence-corrected chi connectivity index (χ1v) is 6.64. The number of carbonyl (C=O) groups excluding carboxylic acids is 1. The molecule has 0 aromatic heterocycles. The zero-order valence-corrected chi connectivity index (χ0v) is 10.9. The summed E-state index contributed by atoms with van der Waals surface area (Å²) < 4.78 is 0. The Balaban J connectivity index is 2.55. The first-order chi connectivity index (χ1) is 7.60. The molecule has 3 nitrogen and oxygen atoms in total. The van der Waals surface area contributed by atoms with Gasteiger partial charge in [-0.15, -0.1) is 0 Å². The maximum atomic E-state index is 12.2. The molecular formula is C13H26N2O. The van der Waals surface area contributed by atoms with E-state index in [0.29, 0.717) is 17.9 Å². The topological polar surface area (TPSA) is 46.3 Å². The van der Waals surface area contributed by atoms with Gasteiger partial charge < -0.3 is 10.6 Å². The summed E-state index contributed by atoms with van der Waals surface area (Å²) in [6.07, 6.45) is 4.50. The van der Waals surface area contributed by atoms with Crippen molar-refractivity contribution in [1.29, 1.82) is 0 Å². The molecule has 0 heterocycles. The lowest BCUT2D eigenvalue weighted by Crippen LogP contribution is -2.40. The highest BCUT2D eigenvalue weighted by atomic mass is 16.2. The molecule has 0 bridgehead atoms. The van der Waals surface area contributed by atoms with Crippen LogP contribution in [0.3, 0.4) is 0 Å². The van der Waals surface area contributed by atoms with Gasteiger partial charge in [-0.1, -0.05) is 13.3 Å². The zero-order valence-electron chi connectivity index (χ0n) is 10.9. The number of hydrogen-bond acceptors (Lipinski definition) is 2. The van der Waals surface area contributed by atoms with E-state index in [2.05, 4.69) is 6.92 Å². The molecule has 3 heteroatoms. The third-order valence-electron chi connectivity index (χ3n) is 3.93. The molecule has 0 radical (unpaired) electrons. The Kier molecular flexibility index (Phi) is 5.26. The molecule has 1 aliphatic carbocycles. The van der Waals surface area contributed by atoms with Crippen molar-refractivity contribution in [3.05, 3.63) is 0 Å². The van der Waals surface area contributed by atoms with Gasteiger partial charge in [0, 0.05) is 25.0 Å². The Bertz CT molecular complexity index is 226. The predicted octanol–water partition coefficient (Wildman–Crippen LogP) is 2.01. The molecule has 1 rings (SSSR count). The summed E-state index contributed by atoms with van der Waals surface area (Å²) >= 11 is 0. The SMILES string of the molecule is CCN(CC)C(=O)C(C)C1CCCC(N)C1. The number of carbonyl (C=O) groups is 1. The van der Waals surface area contributed by atoms with Gasteiger partial charge >= 0.3 is 0 Å². The van der Waals surface area contributed by atoms with Gasteiger partial charge in [0.15, 0.2) is 0 Å². The van der Waals surface area contributed by atoms with Crippen LogP contribution in [0.5, 0.6) is 0 Å². The Morgan fingerprint density at radius 1 is 1.38 bits per heavy atom. The predicted molar refractivity (Wildman–Crippen MR) is 67.0 cm³/mol. The van der Waals surface area contributed by atoms with Crippen LogP contribution in [0.2, 0.25) is 0 Å². The van der Waals surface area contributed by atoms with Crippen LogP contribution < -0.4 is 5.73 Å². The normalized spacial score (nSPS) is 27.5. The van der Waals surface area contributed by atoms with Gasteiger partial charge in [-0.3, -0.25) is 4.79 Å². The lowest BCUT2D eigenvalue weighted by atomic mass is 9.78. The zero-order chi connectivity index (χ0) is 12.1. The quantitative estimate of drug-likeness (QED) is 0.797. The van der Waals surface area contributed by atoms with Crippen molar-refractivity contribution < 1.29 is 4.79 Å². The maximum Gasteiger partial charge on any atom is 0.225 e. The molecule has 0 spiro atoms. The minimum Gasteiger partial charge on any atom is -0.343 e. The fourth-order valence-electron chi connectivity index (χ4n) is 2.75. The van der Waals surface area contributed by atoms with Gasteiger partial charge in [-0.2, -0.15) is 0 Å². The highest BCUT2D eigenvalue weighted by Crippen LogP contribution is 2.30. The molecule has 0 aromatic rings. The minimum atomic E-state index is 0.145. The van der Waals surface area contributed by atoms with E-state index >= 15 is 0 Å². The standard InChI is InChI=1S/C13H26N2O/c1-4-15(5-2)13(16)10(3)11-7-6-8-12(14)9-11/h10-12H,4-9,14H2,1-3H3. The van der Waals surface area contributed by atoms with Gasteiger partial charge in [0.05, 0.1) is 0 Å². The Morgan fingerprint density at radius 3 is 2.50 bits per heavy atom. The largest absolute Gasteiger partial charge is 0.343 e. The fraction of sp³-hybridized carbons (Fsp3) is 0.923. The molecule has 0 saturated heterocycles. The van der Waals surface area contributed by atoms with Gasteiger partial charge in [-0.25, -0.2) is 0 Å². The van der Waals surface area contributed by atoms with Crippen LogP contribution in [-0.4, -0.2) is 29.9 Å². The Labute approximate surface area is 99.4 Å². The third kappa shape index (κ3) is 3.21. The van der Waals surface area contributed by atoms with Crippen LogP contribution >= 0.6 is 0 Å². The van der Waals surface area contributed by atoms with Crippen molar-refractivity contribution in [3.63, 3.8) is 0 Å². The summed E-state index contributed by atoms with van der Waals surface area (Å²) in [5, 5.41) is 0. The second kappa shape index (κ2) is 6.24. The first-order valence-electron chi connectivity index (χ1n) is 6.64. The van der Waals surface area contributed by atoms with Crippen molar-refractivity contribution in [2.75, 3.05) is 13.1 Å². The van der Waals surface area contributed by atoms with Crippen molar-refractivity contribution in [2.45, 2.75) is 52.5 Å². The highest BCUT2D eigenvalue weighted by molar-refractivity contribution is 5.78. The van der Waals surface area contributed by atoms with E-state index in [1.54, 1.807) is 0 Å². The fourth-order valence-corrected chi connectivity index (χ4v) is 2.75. The van der Waals surface area contributed by atoms with Crippen molar-refractivity contribution in [3.8, 4) is 0 Å². The van der Waals surface area contributed by atoms with E-state index in [1.165, 1.54) is 12.8 Å². The average molecular weight is 226 g/mol. The second-order valence-corrected chi connectivity index (χ2v) is 4.99. The summed E-state index contributed by atoms with van der Waals surface area (Å²) in [7, 11) is 0. The van der Waals surface area contributed by atoms with Gasteiger partial charge in [0.25, 0.3) is 0 Å². The molecule has 1 aliphatic rings. The molecule has 16 heavy (non-hydrogen) atoms.